The first-order valence-corrected chi connectivity index (χ1v) is 33.0. The van der Waals surface area contributed by atoms with Crippen LogP contribution in [-0.4, -0.2) is 67.3 Å². The van der Waals surface area contributed by atoms with Crippen LogP contribution in [0.15, 0.2) is 140 Å². The number of ether oxygens (including phenoxy) is 12. The minimum atomic E-state index is 0.286. The molecule has 8 rings (SSSR count). The van der Waals surface area contributed by atoms with E-state index in [0.717, 1.165) is 137 Å². The maximum absolute atomic E-state index is 10.3. The van der Waals surface area contributed by atoms with Gasteiger partial charge < -0.3 is 61.9 Å². The fraction of sp³-hybridized carbons (Fsp3) is 0.468. The second-order valence-electron chi connectivity index (χ2n) is 24.1. The number of phenols is 1. The first-order chi connectivity index (χ1) is 44.8. The number of phenolic OH excluding ortho intramolecular Hbond substituents is 1. The highest BCUT2D eigenvalue weighted by molar-refractivity contribution is 5.55. The van der Waals surface area contributed by atoms with Gasteiger partial charge in [0.15, 0.2) is 6.79 Å². The Morgan fingerprint density at radius 3 is 1.26 bits per heavy atom. The molecule has 13 heteroatoms. The molecule has 0 radical (unpaired) electrons. The molecule has 0 amide bonds. The van der Waals surface area contributed by atoms with Gasteiger partial charge in [-0.2, -0.15) is 0 Å². The predicted octanol–water partition coefficient (Wildman–Crippen LogP) is 18.7. The summed E-state index contributed by atoms with van der Waals surface area (Å²) in [5.74, 6) is 7.64. The van der Waals surface area contributed by atoms with Crippen molar-refractivity contribution in [3.05, 3.63) is 206 Å². The van der Waals surface area contributed by atoms with Gasteiger partial charge in [-0.3, -0.25) is 0 Å². The number of rotatable bonds is 35. The van der Waals surface area contributed by atoms with E-state index in [1.807, 2.05) is 66.7 Å². The summed E-state index contributed by atoms with van der Waals surface area (Å²) in [5, 5.41) is 10.3. The van der Waals surface area contributed by atoms with Crippen molar-refractivity contribution in [1.29, 1.82) is 0 Å². The lowest BCUT2D eigenvalue weighted by Crippen LogP contribution is -2.26. The van der Waals surface area contributed by atoms with Crippen molar-refractivity contribution in [1.82, 2.24) is 0 Å². The fourth-order valence-electron chi connectivity index (χ4n) is 11.0. The summed E-state index contributed by atoms with van der Waals surface area (Å²) in [4.78, 5) is 0. The van der Waals surface area contributed by atoms with Gasteiger partial charge in [0.05, 0.1) is 58.4 Å². The van der Waals surface area contributed by atoms with E-state index < -0.39 is 0 Å². The number of hydrogen-bond acceptors (Lipinski definition) is 13. The van der Waals surface area contributed by atoms with Gasteiger partial charge in [0.2, 0.25) is 0 Å². The number of aromatic hydroxyl groups is 1. The molecule has 1 aliphatic rings. The van der Waals surface area contributed by atoms with Crippen LogP contribution in [0.5, 0.6) is 40.2 Å². The van der Waals surface area contributed by atoms with E-state index in [4.69, 9.17) is 56.8 Å². The Balaban J connectivity index is 0.000000224. The average Bonchev–Trinajstić information content (AvgIpc) is 0.836. The van der Waals surface area contributed by atoms with Crippen LogP contribution in [0.25, 0.3) is 0 Å². The Morgan fingerprint density at radius 1 is 0.391 bits per heavy atom. The molecule has 0 saturated heterocycles. The fourth-order valence-corrected chi connectivity index (χ4v) is 11.0. The standard InChI is InChI=1S/C31H40O6.C26H36O4.C22H30O3/c1-7-22(2)25-12-14-28(15-13-25)36-17-23-8-10-24(11-9-23)18-37-31-27(20-33-4)16-26(19-32-3)30(35-6)29(31)21-34-5;1-4-20(2)23-9-15-26(16-10-23)30-19-29-25-13-7-22(8-14-25)18-28-24-11-5-21(6-12-24)17-27-3;1-5-7-19-12-17(13-20(15-24-4)22(19)23)14-25-21-10-8-18(9-11-21)16(3)6-2/h8-16,22H,7,17-21H2,1-6H3;5-6,9-12,15-16,20,22,25H,4,7-8,13-14,17-19H2,1-3H3;8-13,16,23H,5-7,14-15H2,1-4H3. The molecule has 0 aromatic heterocycles. The van der Waals surface area contributed by atoms with Crippen molar-refractivity contribution in [2.75, 3.05) is 56.1 Å². The third-order valence-corrected chi connectivity index (χ3v) is 17.2. The predicted molar refractivity (Wildman–Crippen MR) is 368 cm³/mol. The van der Waals surface area contributed by atoms with E-state index in [9.17, 15) is 5.11 Å². The molecular weight excluding hydrogens is 1160 g/mol. The van der Waals surface area contributed by atoms with Crippen molar-refractivity contribution in [2.24, 2.45) is 5.92 Å². The molecule has 0 heterocycles. The number of aryl methyl sites for hydroxylation is 1. The summed E-state index contributed by atoms with van der Waals surface area (Å²) in [6.45, 7) is 20.2. The molecule has 0 aliphatic heterocycles. The summed E-state index contributed by atoms with van der Waals surface area (Å²) in [5.41, 5.74) is 12.9. The molecule has 1 saturated carbocycles. The van der Waals surface area contributed by atoms with Crippen molar-refractivity contribution >= 4 is 0 Å². The van der Waals surface area contributed by atoms with Gasteiger partial charge in [-0.25, -0.2) is 0 Å². The highest BCUT2D eigenvalue weighted by Gasteiger charge is 2.24. The Hall–Kier alpha value is -7.10. The molecule has 1 aliphatic carbocycles. The van der Waals surface area contributed by atoms with E-state index in [-0.39, 0.29) is 6.10 Å². The molecule has 7 aromatic rings. The molecule has 0 spiro atoms. The third-order valence-electron chi connectivity index (χ3n) is 17.2. The number of methoxy groups -OCH3 is 6. The van der Waals surface area contributed by atoms with Gasteiger partial charge in [-0.05, 0) is 186 Å². The summed E-state index contributed by atoms with van der Waals surface area (Å²) in [7, 11) is 9.98. The van der Waals surface area contributed by atoms with E-state index >= 15 is 0 Å². The quantitative estimate of drug-likeness (QED) is 0.0379. The minimum absolute atomic E-state index is 0.286. The largest absolute Gasteiger partial charge is 0.507 e. The lowest BCUT2D eigenvalue weighted by atomic mass is 9.88. The number of benzene rings is 7. The zero-order chi connectivity index (χ0) is 66.0. The maximum Gasteiger partial charge on any atom is 0.189 e. The van der Waals surface area contributed by atoms with Crippen LogP contribution in [0.3, 0.4) is 0 Å². The Kier molecular flexibility index (Phi) is 32.8. The highest BCUT2D eigenvalue weighted by atomic mass is 16.7. The van der Waals surface area contributed by atoms with Gasteiger partial charge in [-0.1, -0.05) is 128 Å². The summed E-state index contributed by atoms with van der Waals surface area (Å²) < 4.78 is 68.3. The molecule has 13 nitrogen and oxygen atoms in total. The molecular formula is C79H106O13. The molecule has 500 valence electrons. The molecule has 1 N–H and O–H groups in total. The second kappa shape index (κ2) is 40.8. The Labute approximate surface area is 550 Å². The molecule has 1 fully saturated rings. The van der Waals surface area contributed by atoms with Crippen LogP contribution in [0.2, 0.25) is 0 Å². The van der Waals surface area contributed by atoms with Crippen LogP contribution in [0.4, 0.5) is 0 Å². The van der Waals surface area contributed by atoms with Gasteiger partial charge in [0.1, 0.15) is 60.1 Å². The maximum atomic E-state index is 10.3. The van der Waals surface area contributed by atoms with Crippen LogP contribution in [0.1, 0.15) is 184 Å². The van der Waals surface area contributed by atoms with Crippen molar-refractivity contribution in [2.45, 2.75) is 183 Å². The van der Waals surface area contributed by atoms with Gasteiger partial charge in [-0.15, -0.1) is 0 Å². The lowest BCUT2D eigenvalue weighted by Gasteiger charge is -2.28. The molecule has 3 unspecified atom stereocenters. The first-order valence-electron chi connectivity index (χ1n) is 33.0. The summed E-state index contributed by atoms with van der Waals surface area (Å²) in [6.07, 6.45) is 9.94. The minimum Gasteiger partial charge on any atom is -0.507 e. The van der Waals surface area contributed by atoms with Gasteiger partial charge in [0, 0.05) is 52.2 Å². The van der Waals surface area contributed by atoms with E-state index in [1.54, 1.807) is 42.7 Å². The Bertz CT molecular complexity index is 3110. The molecule has 7 aromatic carbocycles. The number of hydrogen-bond donors (Lipinski definition) is 1. The lowest BCUT2D eigenvalue weighted by molar-refractivity contribution is -0.0568. The zero-order valence-corrected chi connectivity index (χ0v) is 57.4. The van der Waals surface area contributed by atoms with Crippen LogP contribution in [0, 0.1) is 5.92 Å². The van der Waals surface area contributed by atoms with E-state index in [0.29, 0.717) is 101 Å². The zero-order valence-electron chi connectivity index (χ0n) is 57.4. The average molecular weight is 1260 g/mol. The van der Waals surface area contributed by atoms with Crippen molar-refractivity contribution in [3.8, 4) is 40.2 Å². The second-order valence-corrected chi connectivity index (χ2v) is 24.1. The van der Waals surface area contributed by atoms with E-state index in [1.165, 1.54) is 16.7 Å². The van der Waals surface area contributed by atoms with Gasteiger partial charge >= 0.3 is 0 Å². The summed E-state index contributed by atoms with van der Waals surface area (Å²) in [6, 6.07) is 47.6. The van der Waals surface area contributed by atoms with E-state index in [2.05, 4.69) is 121 Å². The van der Waals surface area contributed by atoms with Crippen LogP contribution >= 0.6 is 0 Å². The van der Waals surface area contributed by atoms with Crippen LogP contribution < -0.4 is 28.4 Å². The van der Waals surface area contributed by atoms with Crippen LogP contribution in [-0.2, 0) is 87.7 Å². The highest BCUT2D eigenvalue weighted by Crippen LogP contribution is 2.39. The molecule has 0 bridgehead atoms. The molecule has 92 heavy (non-hydrogen) atoms. The topological polar surface area (TPSA) is 131 Å². The third kappa shape index (κ3) is 23.8. The normalized spacial score (nSPS) is 14.6. The molecule has 3 atom stereocenters. The Morgan fingerprint density at radius 2 is 0.793 bits per heavy atom. The van der Waals surface area contributed by atoms with Crippen molar-refractivity contribution < 1.29 is 61.9 Å². The summed E-state index contributed by atoms with van der Waals surface area (Å²) >= 11 is 0. The smallest absolute Gasteiger partial charge is 0.189 e. The van der Waals surface area contributed by atoms with Crippen molar-refractivity contribution in [3.63, 3.8) is 0 Å². The van der Waals surface area contributed by atoms with Gasteiger partial charge in [0.25, 0.3) is 0 Å². The first kappa shape index (κ1) is 73.9. The monoisotopic (exact) mass is 1260 g/mol. The SMILES string of the molecule is CCC(C)c1ccc(OCOC2CCC(COc3ccc(COC)cc3)CC2)cc1.CCC(C)c1ccc(OCc2ccc(COc3c(COC)cc(COC)c(OC)c3COC)cc2)cc1.CCCc1cc(COc2ccc(C(C)CC)cc2)cc(COC)c1O.